The first-order chi connectivity index (χ1) is 10.1. The van der Waals surface area contributed by atoms with Gasteiger partial charge >= 0.3 is 6.09 Å². The number of methoxy groups -OCH3 is 2. The summed E-state index contributed by atoms with van der Waals surface area (Å²) in [6.07, 6.45) is -1.40. The number of ether oxygens (including phenoxy) is 3. The Morgan fingerprint density at radius 1 is 0.857 bits per heavy atom. The van der Waals surface area contributed by atoms with Crippen molar-refractivity contribution in [2.75, 3.05) is 14.2 Å². The molecule has 0 bridgehead atoms. The first kappa shape index (κ1) is 14.7. The van der Waals surface area contributed by atoms with Gasteiger partial charge < -0.3 is 19.9 Å². The van der Waals surface area contributed by atoms with E-state index in [2.05, 4.69) is 0 Å². The molecule has 1 amide bonds. The summed E-state index contributed by atoms with van der Waals surface area (Å²) in [5.74, 6) is 1.46. The first-order valence-corrected chi connectivity index (χ1v) is 6.38. The summed E-state index contributed by atoms with van der Waals surface area (Å²) in [6, 6.07) is 14.5. The molecule has 0 aromatic heterocycles. The number of carbonyl (C=O) groups is 1. The van der Waals surface area contributed by atoms with Crippen LogP contribution in [0.5, 0.6) is 11.5 Å². The Morgan fingerprint density at radius 2 is 1.24 bits per heavy atom. The van der Waals surface area contributed by atoms with Crippen LogP contribution in [0.2, 0.25) is 0 Å². The van der Waals surface area contributed by atoms with Crippen LogP contribution in [0.25, 0.3) is 0 Å². The van der Waals surface area contributed by atoms with Crippen molar-refractivity contribution in [1.29, 1.82) is 0 Å². The lowest BCUT2D eigenvalue weighted by Gasteiger charge is -2.18. The third-order valence-corrected chi connectivity index (χ3v) is 3.07. The number of hydrogen-bond donors (Lipinski definition) is 1. The van der Waals surface area contributed by atoms with Gasteiger partial charge in [-0.1, -0.05) is 24.3 Å². The molecule has 2 N–H and O–H groups in total. The Bertz CT molecular complexity index is 545. The maximum Gasteiger partial charge on any atom is 0.405 e. The number of rotatable bonds is 5. The highest BCUT2D eigenvalue weighted by Crippen LogP contribution is 2.28. The molecule has 0 aliphatic heterocycles. The van der Waals surface area contributed by atoms with Gasteiger partial charge in [0.25, 0.3) is 0 Å². The third-order valence-electron chi connectivity index (χ3n) is 3.07. The lowest BCUT2D eigenvalue weighted by atomic mass is 10.0. The van der Waals surface area contributed by atoms with Gasteiger partial charge in [0, 0.05) is 0 Å². The molecule has 0 saturated heterocycles. The Balaban J connectivity index is 2.33. The highest BCUT2D eigenvalue weighted by Gasteiger charge is 2.18. The molecule has 0 fully saturated rings. The van der Waals surface area contributed by atoms with Gasteiger partial charge in [-0.25, -0.2) is 4.79 Å². The van der Waals surface area contributed by atoms with Crippen LogP contribution in [0.4, 0.5) is 4.79 Å². The number of primary amides is 1. The largest absolute Gasteiger partial charge is 0.497 e. The van der Waals surface area contributed by atoms with Gasteiger partial charge in [0.15, 0.2) is 6.10 Å². The third kappa shape index (κ3) is 3.66. The van der Waals surface area contributed by atoms with E-state index in [4.69, 9.17) is 19.9 Å². The standard InChI is InChI=1S/C16H17NO4/c1-19-13-7-3-11(4-8-13)15(21-16(17)18)12-5-9-14(20-2)10-6-12/h3-10,15H,1-2H3,(H2,17,18). The van der Waals surface area contributed by atoms with Crippen LogP contribution in [-0.2, 0) is 4.74 Å². The van der Waals surface area contributed by atoms with E-state index in [0.29, 0.717) is 0 Å². The summed E-state index contributed by atoms with van der Waals surface area (Å²) < 4.78 is 15.5. The molecule has 0 spiro atoms. The predicted molar refractivity (Wildman–Crippen MR) is 78.5 cm³/mol. The van der Waals surface area contributed by atoms with Gasteiger partial charge in [-0.2, -0.15) is 0 Å². The second-order valence-electron chi connectivity index (χ2n) is 4.36. The van der Waals surface area contributed by atoms with E-state index in [0.717, 1.165) is 22.6 Å². The number of amides is 1. The topological polar surface area (TPSA) is 70.8 Å². The van der Waals surface area contributed by atoms with E-state index in [9.17, 15) is 4.79 Å². The van der Waals surface area contributed by atoms with Crippen molar-refractivity contribution in [1.82, 2.24) is 0 Å². The summed E-state index contributed by atoms with van der Waals surface area (Å²) in [5, 5.41) is 0. The van der Waals surface area contributed by atoms with Crippen LogP contribution in [-0.4, -0.2) is 20.3 Å². The van der Waals surface area contributed by atoms with Crippen LogP contribution in [0, 0.1) is 0 Å². The van der Waals surface area contributed by atoms with Crippen LogP contribution in [0.1, 0.15) is 17.2 Å². The average molecular weight is 287 g/mol. The first-order valence-electron chi connectivity index (χ1n) is 6.38. The van der Waals surface area contributed by atoms with Crippen LogP contribution in [0.3, 0.4) is 0 Å². The Hall–Kier alpha value is -2.69. The van der Waals surface area contributed by atoms with E-state index in [-0.39, 0.29) is 0 Å². The van der Waals surface area contributed by atoms with Crippen LogP contribution >= 0.6 is 0 Å². The molecule has 0 saturated carbocycles. The summed E-state index contributed by atoms with van der Waals surface area (Å²) in [6.45, 7) is 0. The molecule has 5 heteroatoms. The lowest BCUT2D eigenvalue weighted by Crippen LogP contribution is -2.18. The van der Waals surface area contributed by atoms with Gasteiger partial charge in [-0.05, 0) is 35.4 Å². The highest BCUT2D eigenvalue weighted by atomic mass is 16.6. The maximum atomic E-state index is 11.2. The van der Waals surface area contributed by atoms with Crippen molar-refractivity contribution in [3.05, 3.63) is 59.7 Å². The van der Waals surface area contributed by atoms with E-state index >= 15 is 0 Å². The average Bonchev–Trinajstić information content (AvgIpc) is 2.53. The SMILES string of the molecule is COc1ccc(C(OC(N)=O)c2ccc(OC)cc2)cc1. The minimum Gasteiger partial charge on any atom is -0.497 e. The second kappa shape index (κ2) is 6.65. The lowest BCUT2D eigenvalue weighted by molar-refractivity contribution is 0.126. The van der Waals surface area contributed by atoms with E-state index < -0.39 is 12.2 Å². The summed E-state index contributed by atoms with van der Waals surface area (Å²) in [5.41, 5.74) is 6.78. The quantitative estimate of drug-likeness (QED) is 0.918. The molecule has 2 aromatic rings. The fourth-order valence-corrected chi connectivity index (χ4v) is 2.00. The number of carbonyl (C=O) groups excluding carboxylic acids is 1. The zero-order valence-corrected chi connectivity index (χ0v) is 11.9. The van der Waals surface area contributed by atoms with Gasteiger partial charge in [0.1, 0.15) is 11.5 Å². The number of hydrogen-bond acceptors (Lipinski definition) is 4. The maximum absolute atomic E-state index is 11.2. The minimum absolute atomic E-state index is 0.570. The molecule has 0 aliphatic rings. The molecule has 110 valence electrons. The zero-order valence-electron chi connectivity index (χ0n) is 11.9. The van der Waals surface area contributed by atoms with Crippen LogP contribution in [0.15, 0.2) is 48.5 Å². The molecule has 0 unspecified atom stereocenters. The molecule has 0 heterocycles. The highest BCUT2D eigenvalue weighted by molar-refractivity contribution is 5.65. The molecule has 2 aromatic carbocycles. The fourth-order valence-electron chi connectivity index (χ4n) is 2.00. The molecule has 0 atom stereocenters. The molecule has 0 radical (unpaired) electrons. The molecular formula is C16H17NO4. The van der Waals surface area contributed by atoms with Crippen molar-refractivity contribution in [2.45, 2.75) is 6.10 Å². The molecule has 0 aliphatic carbocycles. The second-order valence-corrected chi connectivity index (χ2v) is 4.36. The van der Waals surface area contributed by atoms with Crippen LogP contribution < -0.4 is 15.2 Å². The van der Waals surface area contributed by atoms with E-state index in [1.807, 2.05) is 24.3 Å². The Morgan fingerprint density at radius 3 is 1.52 bits per heavy atom. The molecular weight excluding hydrogens is 270 g/mol. The van der Waals surface area contributed by atoms with Crippen molar-refractivity contribution in [3.8, 4) is 11.5 Å². The monoisotopic (exact) mass is 287 g/mol. The summed E-state index contributed by atoms with van der Waals surface area (Å²) >= 11 is 0. The van der Waals surface area contributed by atoms with Crippen molar-refractivity contribution < 1.29 is 19.0 Å². The zero-order chi connectivity index (χ0) is 15.2. The fraction of sp³-hybridized carbons (Fsp3) is 0.188. The molecule has 5 nitrogen and oxygen atoms in total. The van der Waals surface area contributed by atoms with Gasteiger partial charge in [-0.3, -0.25) is 0 Å². The normalized spacial score (nSPS) is 10.2. The number of benzene rings is 2. The van der Waals surface area contributed by atoms with Crippen molar-refractivity contribution >= 4 is 6.09 Å². The Kier molecular flexibility index (Phi) is 4.66. The Labute approximate surface area is 123 Å². The number of nitrogens with two attached hydrogens (primary N) is 1. The molecule has 2 rings (SSSR count). The smallest absolute Gasteiger partial charge is 0.405 e. The summed E-state index contributed by atoms with van der Waals surface area (Å²) in [7, 11) is 3.19. The minimum atomic E-state index is -0.827. The van der Waals surface area contributed by atoms with E-state index in [1.54, 1.807) is 38.5 Å². The van der Waals surface area contributed by atoms with Gasteiger partial charge in [0.05, 0.1) is 14.2 Å². The molecule has 21 heavy (non-hydrogen) atoms. The predicted octanol–water partition coefficient (Wildman–Crippen LogP) is 2.89. The van der Waals surface area contributed by atoms with Gasteiger partial charge in [0.2, 0.25) is 0 Å². The van der Waals surface area contributed by atoms with Gasteiger partial charge in [-0.15, -0.1) is 0 Å². The van der Waals surface area contributed by atoms with Crippen molar-refractivity contribution in [3.63, 3.8) is 0 Å². The summed E-state index contributed by atoms with van der Waals surface area (Å²) in [4.78, 5) is 11.2. The van der Waals surface area contributed by atoms with Crippen molar-refractivity contribution in [2.24, 2.45) is 5.73 Å². The van der Waals surface area contributed by atoms with E-state index in [1.165, 1.54) is 0 Å².